The molecule has 0 radical (unpaired) electrons. The molecule has 0 bridgehead atoms. The maximum absolute atomic E-state index is 6.30. The van der Waals surface area contributed by atoms with Crippen molar-refractivity contribution in [1.29, 1.82) is 0 Å². The van der Waals surface area contributed by atoms with E-state index in [1.54, 1.807) is 0 Å². The molecule has 24 heavy (non-hydrogen) atoms. The van der Waals surface area contributed by atoms with Crippen LogP contribution in [-0.2, 0) is 6.42 Å². The van der Waals surface area contributed by atoms with Crippen LogP contribution in [0.5, 0.6) is 0 Å². The lowest BCUT2D eigenvalue weighted by Gasteiger charge is -2.31. The summed E-state index contributed by atoms with van der Waals surface area (Å²) in [5, 5.41) is 4.72. The summed E-state index contributed by atoms with van der Waals surface area (Å²) in [7, 11) is 0. The van der Waals surface area contributed by atoms with Crippen molar-refractivity contribution < 1.29 is 0 Å². The SMILES string of the molecule is CCc1ccc(C(c2ccc(Cl)c(Cl)c2)N2CCCNCC2)cc1. The molecule has 1 saturated heterocycles. The van der Waals surface area contributed by atoms with Crippen LogP contribution in [0.15, 0.2) is 42.5 Å². The lowest BCUT2D eigenvalue weighted by molar-refractivity contribution is 0.241. The molecule has 1 N–H and O–H groups in total. The van der Waals surface area contributed by atoms with Crippen LogP contribution in [0.1, 0.15) is 36.1 Å². The van der Waals surface area contributed by atoms with Crippen LogP contribution < -0.4 is 5.32 Å². The van der Waals surface area contributed by atoms with Gasteiger partial charge >= 0.3 is 0 Å². The largest absolute Gasteiger partial charge is 0.315 e. The summed E-state index contributed by atoms with van der Waals surface area (Å²) < 4.78 is 0. The topological polar surface area (TPSA) is 15.3 Å². The molecule has 1 fully saturated rings. The first-order chi connectivity index (χ1) is 11.7. The first-order valence-electron chi connectivity index (χ1n) is 8.67. The van der Waals surface area contributed by atoms with Crippen molar-refractivity contribution in [2.75, 3.05) is 26.2 Å². The minimum atomic E-state index is 0.213. The number of hydrogen-bond acceptors (Lipinski definition) is 2. The van der Waals surface area contributed by atoms with Crippen LogP contribution in [0.3, 0.4) is 0 Å². The van der Waals surface area contributed by atoms with Gasteiger partial charge in [0.25, 0.3) is 0 Å². The van der Waals surface area contributed by atoms with Crippen molar-refractivity contribution in [2.24, 2.45) is 0 Å². The second kappa shape index (κ2) is 8.35. The van der Waals surface area contributed by atoms with Gasteiger partial charge in [0.1, 0.15) is 0 Å². The van der Waals surface area contributed by atoms with Crippen LogP contribution in [-0.4, -0.2) is 31.1 Å². The third-order valence-electron chi connectivity index (χ3n) is 4.70. The van der Waals surface area contributed by atoms with E-state index in [-0.39, 0.29) is 6.04 Å². The standard InChI is InChI=1S/C20H24Cl2N2/c1-2-15-4-6-16(7-5-15)20(24-12-3-10-23-11-13-24)17-8-9-18(21)19(22)14-17/h4-9,14,20,23H,2-3,10-13H2,1H3. The van der Waals surface area contributed by atoms with E-state index < -0.39 is 0 Å². The van der Waals surface area contributed by atoms with Gasteiger partial charge in [-0.05, 0) is 48.2 Å². The summed E-state index contributed by atoms with van der Waals surface area (Å²) in [6, 6.07) is 15.2. The van der Waals surface area contributed by atoms with Gasteiger partial charge in [0, 0.05) is 19.6 Å². The Balaban J connectivity index is 1.99. The first kappa shape index (κ1) is 17.8. The predicted molar refractivity (Wildman–Crippen MR) is 103 cm³/mol. The van der Waals surface area contributed by atoms with Gasteiger partial charge in [0.2, 0.25) is 0 Å². The molecular formula is C20H24Cl2N2. The molecule has 0 aliphatic carbocycles. The summed E-state index contributed by atoms with van der Waals surface area (Å²) >= 11 is 12.4. The fourth-order valence-corrected chi connectivity index (χ4v) is 3.66. The maximum Gasteiger partial charge on any atom is 0.0602 e. The fraction of sp³-hybridized carbons (Fsp3) is 0.400. The molecule has 1 unspecified atom stereocenters. The highest BCUT2D eigenvalue weighted by Crippen LogP contribution is 2.33. The smallest absolute Gasteiger partial charge is 0.0602 e. The molecular weight excluding hydrogens is 339 g/mol. The number of benzene rings is 2. The van der Waals surface area contributed by atoms with Crippen molar-refractivity contribution in [3.63, 3.8) is 0 Å². The Labute approximate surface area is 154 Å². The Hall–Kier alpha value is -1.06. The minimum Gasteiger partial charge on any atom is -0.315 e. The van der Waals surface area contributed by atoms with Gasteiger partial charge in [-0.3, -0.25) is 4.90 Å². The molecule has 1 heterocycles. The van der Waals surface area contributed by atoms with E-state index in [1.165, 1.54) is 16.7 Å². The highest BCUT2D eigenvalue weighted by Gasteiger charge is 2.23. The molecule has 3 rings (SSSR count). The van der Waals surface area contributed by atoms with Crippen LogP contribution >= 0.6 is 23.2 Å². The highest BCUT2D eigenvalue weighted by molar-refractivity contribution is 6.42. The quantitative estimate of drug-likeness (QED) is 0.828. The normalized spacial score (nSPS) is 17.5. The molecule has 0 amide bonds. The summed E-state index contributed by atoms with van der Waals surface area (Å²) in [6.45, 7) is 6.39. The first-order valence-corrected chi connectivity index (χ1v) is 9.43. The molecule has 4 heteroatoms. The number of nitrogens with one attached hydrogen (secondary N) is 1. The third kappa shape index (κ3) is 4.12. The van der Waals surface area contributed by atoms with E-state index >= 15 is 0 Å². The zero-order chi connectivity index (χ0) is 16.9. The molecule has 2 aromatic rings. The number of halogens is 2. The zero-order valence-corrected chi connectivity index (χ0v) is 15.6. The van der Waals surface area contributed by atoms with Crippen molar-refractivity contribution in [3.05, 3.63) is 69.2 Å². The van der Waals surface area contributed by atoms with E-state index in [4.69, 9.17) is 23.2 Å². The molecule has 0 saturated carbocycles. The van der Waals surface area contributed by atoms with Crippen molar-refractivity contribution in [2.45, 2.75) is 25.8 Å². The van der Waals surface area contributed by atoms with Crippen LogP contribution in [0, 0.1) is 0 Å². The van der Waals surface area contributed by atoms with Gasteiger partial charge in [-0.2, -0.15) is 0 Å². The molecule has 1 aliphatic heterocycles. The summed E-state index contributed by atoms with van der Waals surface area (Å²) in [4.78, 5) is 2.54. The van der Waals surface area contributed by atoms with Crippen molar-refractivity contribution in [1.82, 2.24) is 10.2 Å². The summed E-state index contributed by atoms with van der Waals surface area (Å²) in [5.74, 6) is 0. The van der Waals surface area contributed by atoms with Gasteiger partial charge in [-0.25, -0.2) is 0 Å². The molecule has 2 aromatic carbocycles. The number of aryl methyl sites for hydroxylation is 1. The Bertz CT molecular complexity index is 662. The molecule has 2 nitrogen and oxygen atoms in total. The van der Waals surface area contributed by atoms with Crippen LogP contribution in [0.25, 0.3) is 0 Å². The van der Waals surface area contributed by atoms with Crippen molar-refractivity contribution in [3.8, 4) is 0 Å². The van der Waals surface area contributed by atoms with Gasteiger partial charge in [0.05, 0.1) is 16.1 Å². The van der Waals surface area contributed by atoms with Gasteiger partial charge < -0.3 is 5.32 Å². The van der Waals surface area contributed by atoms with Gasteiger partial charge in [0.15, 0.2) is 0 Å². The minimum absolute atomic E-state index is 0.213. The Morgan fingerprint density at radius 3 is 2.42 bits per heavy atom. The second-order valence-corrected chi connectivity index (χ2v) is 7.13. The third-order valence-corrected chi connectivity index (χ3v) is 5.44. The zero-order valence-electron chi connectivity index (χ0n) is 14.1. The molecule has 0 spiro atoms. The van der Waals surface area contributed by atoms with Crippen LogP contribution in [0.2, 0.25) is 10.0 Å². The van der Waals surface area contributed by atoms with E-state index in [1.807, 2.05) is 12.1 Å². The Kier molecular flexibility index (Phi) is 6.18. The average molecular weight is 363 g/mol. The Morgan fingerprint density at radius 1 is 0.958 bits per heavy atom. The average Bonchev–Trinajstić information content (AvgIpc) is 2.88. The molecule has 1 atom stereocenters. The predicted octanol–water partition coefficient (Wildman–Crippen LogP) is 4.94. The monoisotopic (exact) mass is 362 g/mol. The lowest BCUT2D eigenvalue weighted by Crippen LogP contribution is -2.33. The van der Waals surface area contributed by atoms with E-state index in [9.17, 15) is 0 Å². The summed E-state index contributed by atoms with van der Waals surface area (Å²) in [6.07, 6.45) is 2.22. The fourth-order valence-electron chi connectivity index (χ4n) is 3.36. The van der Waals surface area contributed by atoms with Gasteiger partial charge in [-0.15, -0.1) is 0 Å². The second-order valence-electron chi connectivity index (χ2n) is 6.31. The number of rotatable bonds is 4. The lowest BCUT2D eigenvalue weighted by atomic mass is 9.95. The Morgan fingerprint density at radius 2 is 1.71 bits per heavy atom. The maximum atomic E-state index is 6.30. The van der Waals surface area contributed by atoms with E-state index in [0.717, 1.165) is 39.0 Å². The molecule has 1 aliphatic rings. The number of nitrogens with zero attached hydrogens (tertiary/aromatic N) is 1. The molecule has 128 valence electrons. The van der Waals surface area contributed by atoms with Crippen LogP contribution in [0.4, 0.5) is 0 Å². The van der Waals surface area contributed by atoms with Crippen molar-refractivity contribution >= 4 is 23.2 Å². The highest BCUT2D eigenvalue weighted by atomic mass is 35.5. The van der Waals surface area contributed by atoms with Gasteiger partial charge in [-0.1, -0.05) is 60.5 Å². The van der Waals surface area contributed by atoms with E-state index in [0.29, 0.717) is 10.0 Å². The number of hydrogen-bond donors (Lipinski definition) is 1. The summed E-state index contributed by atoms with van der Waals surface area (Å²) in [5.41, 5.74) is 3.88. The molecule has 0 aromatic heterocycles. The van der Waals surface area contributed by atoms with E-state index in [2.05, 4.69) is 47.5 Å².